The SMILES string of the molecule is CCC(C)C(=O)c1cc(O)c2c(c1)OC(CC)(C(=O)c1cc(O)c(O)c(O)c1)O2. The van der Waals surface area contributed by atoms with Gasteiger partial charge in [-0.1, -0.05) is 20.8 Å². The minimum atomic E-state index is -1.87. The van der Waals surface area contributed by atoms with E-state index < -0.39 is 28.8 Å². The molecule has 29 heavy (non-hydrogen) atoms. The summed E-state index contributed by atoms with van der Waals surface area (Å²) in [7, 11) is 0. The van der Waals surface area contributed by atoms with Crippen molar-refractivity contribution in [2.24, 2.45) is 5.92 Å². The second-order valence-electron chi connectivity index (χ2n) is 7.00. The Bertz CT molecular complexity index is 973. The summed E-state index contributed by atoms with van der Waals surface area (Å²) in [4.78, 5) is 25.5. The van der Waals surface area contributed by atoms with Crippen LogP contribution >= 0.6 is 0 Å². The summed E-state index contributed by atoms with van der Waals surface area (Å²) in [5.41, 5.74) is 0.0707. The van der Waals surface area contributed by atoms with E-state index in [9.17, 15) is 30.0 Å². The van der Waals surface area contributed by atoms with Crippen molar-refractivity contribution in [3.05, 3.63) is 35.4 Å². The molecule has 0 bridgehead atoms. The zero-order chi connectivity index (χ0) is 21.5. The normalized spacial score (nSPS) is 18.4. The van der Waals surface area contributed by atoms with Gasteiger partial charge in [-0.05, 0) is 30.7 Å². The van der Waals surface area contributed by atoms with Crippen LogP contribution in [0, 0.1) is 5.92 Å². The summed E-state index contributed by atoms with van der Waals surface area (Å²) in [6.07, 6.45) is 0.649. The fraction of sp³-hybridized carbons (Fsp3) is 0.333. The van der Waals surface area contributed by atoms with Gasteiger partial charge in [-0.15, -0.1) is 0 Å². The van der Waals surface area contributed by atoms with Crippen LogP contribution in [0.15, 0.2) is 24.3 Å². The Labute approximate surface area is 166 Å². The third kappa shape index (κ3) is 3.30. The number of hydrogen-bond acceptors (Lipinski definition) is 8. The van der Waals surface area contributed by atoms with Crippen LogP contribution in [0.4, 0.5) is 0 Å². The van der Waals surface area contributed by atoms with Crippen molar-refractivity contribution < 1.29 is 39.5 Å². The lowest BCUT2D eigenvalue weighted by molar-refractivity contribution is -0.0513. The molecule has 2 atom stereocenters. The molecular weight excluding hydrogens is 380 g/mol. The molecule has 0 amide bonds. The zero-order valence-electron chi connectivity index (χ0n) is 16.2. The minimum Gasteiger partial charge on any atom is -0.504 e. The number of ether oxygens (including phenoxy) is 2. The van der Waals surface area contributed by atoms with E-state index in [1.807, 2.05) is 6.92 Å². The Morgan fingerprint density at radius 1 is 0.931 bits per heavy atom. The number of phenols is 4. The largest absolute Gasteiger partial charge is 0.504 e. The summed E-state index contributed by atoms with van der Waals surface area (Å²) in [5, 5.41) is 39.2. The lowest BCUT2D eigenvalue weighted by Crippen LogP contribution is -2.46. The molecule has 0 fully saturated rings. The molecule has 2 aromatic rings. The lowest BCUT2D eigenvalue weighted by Gasteiger charge is -2.24. The van der Waals surface area contributed by atoms with Crippen molar-refractivity contribution in [2.75, 3.05) is 0 Å². The fourth-order valence-corrected chi connectivity index (χ4v) is 3.09. The first-order valence-electron chi connectivity index (χ1n) is 9.22. The van der Waals surface area contributed by atoms with Crippen molar-refractivity contribution in [1.29, 1.82) is 0 Å². The molecule has 0 aliphatic carbocycles. The van der Waals surface area contributed by atoms with E-state index in [1.54, 1.807) is 13.8 Å². The molecule has 154 valence electrons. The maximum atomic E-state index is 13.1. The highest BCUT2D eigenvalue weighted by atomic mass is 16.7. The topological polar surface area (TPSA) is 134 Å². The number of carbonyl (C=O) groups excluding carboxylic acids is 2. The predicted molar refractivity (Wildman–Crippen MR) is 102 cm³/mol. The molecule has 1 aliphatic rings. The number of phenolic OH excluding ortho intramolecular Hbond substituents is 4. The quantitative estimate of drug-likeness (QED) is 0.426. The maximum Gasteiger partial charge on any atom is 0.316 e. The highest BCUT2D eigenvalue weighted by Gasteiger charge is 2.49. The van der Waals surface area contributed by atoms with Crippen LogP contribution in [0.2, 0.25) is 0 Å². The molecule has 0 radical (unpaired) electrons. The number of ketones is 2. The molecule has 0 saturated carbocycles. The molecule has 8 heteroatoms. The summed E-state index contributed by atoms with van der Waals surface area (Å²) in [5.74, 6) is -5.53. The first-order valence-corrected chi connectivity index (χ1v) is 9.22. The van der Waals surface area contributed by atoms with Gasteiger partial charge >= 0.3 is 5.79 Å². The first-order chi connectivity index (χ1) is 13.6. The molecule has 1 aliphatic heterocycles. The molecule has 0 aromatic heterocycles. The Hall–Kier alpha value is -3.42. The van der Waals surface area contributed by atoms with E-state index in [1.165, 1.54) is 12.1 Å². The van der Waals surface area contributed by atoms with Crippen molar-refractivity contribution in [2.45, 2.75) is 39.4 Å². The summed E-state index contributed by atoms with van der Waals surface area (Å²) in [6, 6.07) is 4.63. The van der Waals surface area contributed by atoms with Crippen molar-refractivity contribution in [1.82, 2.24) is 0 Å². The van der Waals surface area contributed by atoms with E-state index >= 15 is 0 Å². The maximum absolute atomic E-state index is 13.1. The van der Waals surface area contributed by atoms with Crippen molar-refractivity contribution in [3.8, 4) is 34.5 Å². The molecule has 0 saturated heterocycles. The second-order valence-corrected chi connectivity index (χ2v) is 7.00. The van der Waals surface area contributed by atoms with E-state index in [-0.39, 0.29) is 46.5 Å². The van der Waals surface area contributed by atoms with Crippen LogP contribution in [0.1, 0.15) is 54.3 Å². The van der Waals surface area contributed by atoms with E-state index in [4.69, 9.17) is 9.47 Å². The van der Waals surface area contributed by atoms with Crippen LogP contribution in [0.5, 0.6) is 34.5 Å². The third-order valence-corrected chi connectivity index (χ3v) is 5.06. The van der Waals surface area contributed by atoms with Gasteiger partial charge in [0.25, 0.3) is 0 Å². The molecule has 2 aromatic carbocycles. The van der Waals surface area contributed by atoms with Crippen molar-refractivity contribution in [3.63, 3.8) is 0 Å². The van der Waals surface area contributed by atoms with Crippen molar-refractivity contribution >= 4 is 11.6 Å². The minimum absolute atomic E-state index is 0.0248. The van der Waals surface area contributed by atoms with Gasteiger partial charge in [0, 0.05) is 23.5 Å². The zero-order valence-corrected chi connectivity index (χ0v) is 16.2. The Balaban J connectivity index is 2.00. The smallest absolute Gasteiger partial charge is 0.316 e. The van der Waals surface area contributed by atoms with Gasteiger partial charge in [0.15, 0.2) is 34.5 Å². The van der Waals surface area contributed by atoms with Gasteiger partial charge in [0.2, 0.25) is 11.5 Å². The lowest BCUT2D eigenvalue weighted by atomic mass is 9.97. The molecule has 1 heterocycles. The second kappa shape index (κ2) is 7.20. The van der Waals surface area contributed by atoms with Gasteiger partial charge in [-0.2, -0.15) is 0 Å². The van der Waals surface area contributed by atoms with Gasteiger partial charge in [-0.3, -0.25) is 9.59 Å². The Kier molecular flexibility index (Phi) is 5.04. The standard InChI is InChI=1S/C21H22O8/c1-4-10(3)17(25)11-6-15(24)19-16(9-11)28-21(5-2,29-19)20(27)12-7-13(22)18(26)14(23)8-12/h6-10,22-24,26H,4-5H2,1-3H3. The first kappa shape index (κ1) is 20.3. The summed E-state index contributed by atoms with van der Waals surface area (Å²) in [6.45, 7) is 5.26. The van der Waals surface area contributed by atoms with E-state index in [2.05, 4.69) is 0 Å². The molecule has 0 spiro atoms. The third-order valence-electron chi connectivity index (χ3n) is 5.06. The average Bonchev–Trinajstić information content (AvgIpc) is 3.10. The van der Waals surface area contributed by atoms with Gasteiger partial charge in [0.1, 0.15) is 0 Å². The highest BCUT2D eigenvalue weighted by molar-refractivity contribution is 6.04. The number of carbonyl (C=O) groups is 2. The average molecular weight is 402 g/mol. The van der Waals surface area contributed by atoms with Gasteiger partial charge < -0.3 is 29.9 Å². The predicted octanol–water partition coefficient (Wildman–Crippen LogP) is 3.50. The number of rotatable bonds is 6. The number of benzene rings is 2. The van der Waals surface area contributed by atoms with Crippen LogP contribution in [-0.2, 0) is 0 Å². The Morgan fingerprint density at radius 2 is 1.52 bits per heavy atom. The fourth-order valence-electron chi connectivity index (χ4n) is 3.09. The van der Waals surface area contributed by atoms with Gasteiger partial charge in [0.05, 0.1) is 0 Å². The number of fused-ring (bicyclic) bond motifs is 1. The van der Waals surface area contributed by atoms with Crippen LogP contribution in [0.25, 0.3) is 0 Å². The number of Topliss-reactive ketones (excluding diaryl/α,β-unsaturated/α-hetero) is 2. The van der Waals surface area contributed by atoms with Crippen LogP contribution < -0.4 is 9.47 Å². The molecule has 8 nitrogen and oxygen atoms in total. The molecule has 3 rings (SSSR count). The van der Waals surface area contributed by atoms with Crippen LogP contribution in [0.3, 0.4) is 0 Å². The molecule has 4 N–H and O–H groups in total. The van der Waals surface area contributed by atoms with Crippen LogP contribution in [-0.4, -0.2) is 37.8 Å². The highest BCUT2D eigenvalue weighted by Crippen LogP contribution is 2.49. The summed E-state index contributed by atoms with van der Waals surface area (Å²) < 4.78 is 11.4. The monoisotopic (exact) mass is 402 g/mol. The number of aromatic hydroxyl groups is 4. The molecular formula is C21H22O8. The summed E-state index contributed by atoms with van der Waals surface area (Å²) >= 11 is 0. The van der Waals surface area contributed by atoms with Gasteiger partial charge in [-0.25, -0.2) is 0 Å². The molecule has 2 unspecified atom stereocenters. The van der Waals surface area contributed by atoms with E-state index in [0.717, 1.165) is 12.1 Å². The Morgan fingerprint density at radius 3 is 2.07 bits per heavy atom. The van der Waals surface area contributed by atoms with E-state index in [0.29, 0.717) is 6.42 Å². The number of hydrogen-bond donors (Lipinski definition) is 4.